The predicted octanol–water partition coefficient (Wildman–Crippen LogP) is 0.0715. The summed E-state index contributed by atoms with van der Waals surface area (Å²) in [4.78, 5) is 29.6. The second-order valence-electron chi connectivity index (χ2n) is 9.13. The Balaban J connectivity index is 1.56. The second-order valence-corrected chi connectivity index (χ2v) is 11.4. The third-order valence-electron chi connectivity index (χ3n) is 5.79. The van der Waals surface area contributed by atoms with E-state index in [0.29, 0.717) is 13.1 Å². The number of ether oxygens (including phenoxy) is 1. The van der Waals surface area contributed by atoms with E-state index in [1.54, 1.807) is 4.90 Å². The van der Waals surface area contributed by atoms with Gasteiger partial charge in [-0.1, -0.05) is 32.9 Å². The summed E-state index contributed by atoms with van der Waals surface area (Å²) in [6.45, 7) is 7.75. The molecule has 2 bridgehead atoms. The minimum absolute atomic E-state index is 0.00721. The van der Waals surface area contributed by atoms with Gasteiger partial charge in [-0.3, -0.25) is 9.59 Å². The molecule has 0 N–H and O–H groups in total. The number of carbonyl (C=O) groups is 2. The van der Waals surface area contributed by atoms with Crippen LogP contribution in [0.25, 0.3) is 0 Å². The standard InChI is InChI=1S/C18H26N2O5S/c1-17(2,3)10-20-11-18-5-4-12(25-18)13(14(18)16(20)22)15(21)19-6-8-26(23,24)9-7-19/h4-5,12-14H,6-11H2,1-3H3/t12-,13?,14?,18-/m0/s1. The summed E-state index contributed by atoms with van der Waals surface area (Å²) >= 11 is 0. The zero-order chi connectivity index (χ0) is 18.9. The number of fused-ring (bicyclic) bond motifs is 1. The first-order valence-corrected chi connectivity index (χ1v) is 11.0. The molecule has 4 atom stereocenters. The molecule has 1 spiro atoms. The van der Waals surface area contributed by atoms with E-state index in [9.17, 15) is 18.0 Å². The highest BCUT2D eigenvalue weighted by atomic mass is 32.2. The fraction of sp³-hybridized carbons (Fsp3) is 0.778. The molecule has 2 unspecified atom stereocenters. The van der Waals surface area contributed by atoms with Gasteiger partial charge < -0.3 is 14.5 Å². The third-order valence-corrected chi connectivity index (χ3v) is 7.39. The van der Waals surface area contributed by atoms with Crippen molar-refractivity contribution in [2.24, 2.45) is 17.3 Å². The number of nitrogens with zero attached hydrogens (tertiary/aromatic N) is 2. The molecule has 0 saturated carbocycles. The molecule has 4 rings (SSSR count). The summed E-state index contributed by atoms with van der Waals surface area (Å²) in [5.74, 6) is -1.22. The number of sulfone groups is 1. The summed E-state index contributed by atoms with van der Waals surface area (Å²) in [5.41, 5.74) is -0.734. The maximum absolute atomic E-state index is 13.1. The lowest BCUT2D eigenvalue weighted by atomic mass is 9.76. The molecule has 7 nitrogen and oxygen atoms in total. The summed E-state index contributed by atoms with van der Waals surface area (Å²) in [7, 11) is -3.06. The van der Waals surface area contributed by atoms with Crippen molar-refractivity contribution in [2.75, 3.05) is 37.7 Å². The number of hydrogen-bond acceptors (Lipinski definition) is 5. The van der Waals surface area contributed by atoms with Gasteiger partial charge in [-0.25, -0.2) is 8.42 Å². The second kappa shape index (κ2) is 5.55. The molecule has 3 fully saturated rings. The van der Waals surface area contributed by atoms with E-state index in [-0.39, 0.29) is 47.9 Å². The molecule has 2 amide bonds. The van der Waals surface area contributed by atoms with Crippen molar-refractivity contribution >= 4 is 21.7 Å². The van der Waals surface area contributed by atoms with E-state index in [4.69, 9.17) is 4.74 Å². The molecule has 4 heterocycles. The van der Waals surface area contributed by atoms with E-state index in [1.807, 2.05) is 17.1 Å². The number of likely N-dealkylation sites (tertiary alicyclic amines) is 1. The van der Waals surface area contributed by atoms with Gasteiger partial charge in [0.1, 0.15) is 5.60 Å². The Bertz CT molecular complexity index is 770. The molecule has 0 aromatic rings. The Morgan fingerprint density at radius 2 is 1.96 bits per heavy atom. The average Bonchev–Trinajstić information content (AvgIpc) is 3.14. The maximum atomic E-state index is 13.1. The normalized spacial score (nSPS) is 38.1. The molecule has 26 heavy (non-hydrogen) atoms. The van der Waals surface area contributed by atoms with E-state index >= 15 is 0 Å². The van der Waals surface area contributed by atoms with Crippen LogP contribution < -0.4 is 0 Å². The van der Waals surface area contributed by atoms with Gasteiger partial charge in [-0.05, 0) is 5.41 Å². The highest BCUT2D eigenvalue weighted by molar-refractivity contribution is 7.91. The van der Waals surface area contributed by atoms with Crippen molar-refractivity contribution in [1.29, 1.82) is 0 Å². The number of carbonyl (C=O) groups excluding carboxylic acids is 2. The quantitative estimate of drug-likeness (QED) is 0.631. The molecule has 144 valence electrons. The summed E-state index contributed by atoms with van der Waals surface area (Å²) < 4.78 is 29.4. The molecule has 4 aliphatic heterocycles. The van der Waals surface area contributed by atoms with Crippen LogP contribution in [0, 0.1) is 17.3 Å². The Morgan fingerprint density at radius 1 is 1.31 bits per heavy atom. The van der Waals surface area contributed by atoms with Gasteiger partial charge in [0.15, 0.2) is 9.84 Å². The topological polar surface area (TPSA) is 84.0 Å². The van der Waals surface area contributed by atoms with Crippen molar-refractivity contribution in [3.63, 3.8) is 0 Å². The minimum Gasteiger partial charge on any atom is -0.360 e. The van der Waals surface area contributed by atoms with Crippen LogP contribution >= 0.6 is 0 Å². The van der Waals surface area contributed by atoms with Crippen molar-refractivity contribution in [1.82, 2.24) is 9.80 Å². The zero-order valence-electron chi connectivity index (χ0n) is 15.5. The number of rotatable bonds is 2. The summed E-state index contributed by atoms with van der Waals surface area (Å²) in [6.07, 6.45) is 3.47. The van der Waals surface area contributed by atoms with Gasteiger partial charge in [0.25, 0.3) is 0 Å². The fourth-order valence-electron chi connectivity index (χ4n) is 4.71. The smallest absolute Gasteiger partial charge is 0.230 e. The van der Waals surface area contributed by atoms with Gasteiger partial charge in [-0.15, -0.1) is 0 Å². The highest BCUT2D eigenvalue weighted by Gasteiger charge is 2.67. The first-order chi connectivity index (χ1) is 12.0. The lowest BCUT2D eigenvalue weighted by molar-refractivity contribution is -0.143. The van der Waals surface area contributed by atoms with Gasteiger partial charge >= 0.3 is 0 Å². The van der Waals surface area contributed by atoms with Gasteiger partial charge in [-0.2, -0.15) is 0 Å². The Hall–Kier alpha value is -1.41. The predicted molar refractivity (Wildman–Crippen MR) is 95.0 cm³/mol. The van der Waals surface area contributed by atoms with Gasteiger partial charge in [0.05, 0.1) is 36.0 Å². The van der Waals surface area contributed by atoms with Gasteiger partial charge in [0, 0.05) is 19.6 Å². The average molecular weight is 382 g/mol. The van der Waals surface area contributed by atoms with E-state index < -0.39 is 27.3 Å². The lowest BCUT2D eigenvalue weighted by Gasteiger charge is -2.32. The molecule has 0 radical (unpaired) electrons. The number of amides is 2. The van der Waals surface area contributed by atoms with Gasteiger partial charge in [0.2, 0.25) is 11.8 Å². The van der Waals surface area contributed by atoms with E-state index in [2.05, 4.69) is 20.8 Å². The van der Waals surface area contributed by atoms with Crippen molar-refractivity contribution in [3.05, 3.63) is 12.2 Å². The zero-order valence-corrected chi connectivity index (χ0v) is 16.3. The van der Waals surface area contributed by atoms with Crippen LogP contribution in [-0.4, -0.2) is 79.4 Å². The molecule has 0 aliphatic carbocycles. The summed E-state index contributed by atoms with van der Waals surface area (Å²) in [5, 5.41) is 0. The van der Waals surface area contributed by atoms with Crippen LogP contribution in [0.15, 0.2) is 12.2 Å². The van der Waals surface area contributed by atoms with Crippen molar-refractivity contribution < 1.29 is 22.7 Å². The molecular formula is C18H26N2O5S. The number of hydrogen-bond donors (Lipinski definition) is 0. The van der Waals surface area contributed by atoms with Crippen LogP contribution in [0.1, 0.15) is 20.8 Å². The van der Waals surface area contributed by atoms with Crippen LogP contribution in [0.4, 0.5) is 0 Å². The highest BCUT2D eigenvalue weighted by Crippen LogP contribution is 2.52. The monoisotopic (exact) mass is 382 g/mol. The Kier molecular flexibility index (Phi) is 3.83. The van der Waals surface area contributed by atoms with Crippen LogP contribution in [0.5, 0.6) is 0 Å². The lowest BCUT2D eigenvalue weighted by Crippen LogP contribution is -2.50. The van der Waals surface area contributed by atoms with E-state index in [1.165, 1.54) is 0 Å². The Morgan fingerprint density at radius 3 is 2.58 bits per heavy atom. The third kappa shape index (κ3) is 2.78. The van der Waals surface area contributed by atoms with Crippen molar-refractivity contribution in [3.8, 4) is 0 Å². The van der Waals surface area contributed by atoms with Crippen LogP contribution in [0.3, 0.4) is 0 Å². The Labute approximate surface area is 154 Å². The largest absolute Gasteiger partial charge is 0.360 e. The maximum Gasteiger partial charge on any atom is 0.230 e. The molecule has 0 aromatic carbocycles. The van der Waals surface area contributed by atoms with Crippen molar-refractivity contribution in [2.45, 2.75) is 32.5 Å². The molecule has 0 aromatic heterocycles. The molecular weight excluding hydrogens is 356 g/mol. The fourth-order valence-corrected chi connectivity index (χ4v) is 5.91. The first-order valence-electron chi connectivity index (χ1n) is 9.17. The van der Waals surface area contributed by atoms with E-state index in [0.717, 1.165) is 0 Å². The first kappa shape index (κ1) is 18.0. The van der Waals surface area contributed by atoms with Crippen LogP contribution in [0.2, 0.25) is 0 Å². The molecule has 3 saturated heterocycles. The summed E-state index contributed by atoms with van der Waals surface area (Å²) in [6, 6.07) is 0. The molecule has 4 aliphatic rings. The SMILES string of the molecule is CC(C)(C)CN1C[C@]23C=C[C@H](O2)C(C(=O)N2CCS(=O)(=O)CC2)C3C1=O. The minimum atomic E-state index is -3.06. The molecule has 8 heteroatoms. The van der Waals surface area contributed by atoms with Crippen LogP contribution in [-0.2, 0) is 24.2 Å².